The molecule has 0 radical (unpaired) electrons. The number of nitrogens with zero attached hydrogens (tertiary/aromatic N) is 3. The Kier molecular flexibility index (Phi) is 6.63. The lowest BCUT2D eigenvalue weighted by Gasteiger charge is -2.20. The van der Waals surface area contributed by atoms with Gasteiger partial charge in [0, 0.05) is 31.6 Å². The van der Waals surface area contributed by atoms with Crippen molar-refractivity contribution in [2.75, 3.05) is 19.6 Å². The molecule has 1 aromatic heterocycles. The molecule has 166 valence electrons. The smallest absolute Gasteiger partial charge is 0.265 e. The number of likely N-dealkylation sites (tertiary alicyclic amines) is 1. The van der Waals surface area contributed by atoms with E-state index in [-0.39, 0.29) is 17.4 Å². The molecule has 1 N–H and O–H groups in total. The molecule has 1 aliphatic rings. The second kappa shape index (κ2) is 9.77. The van der Waals surface area contributed by atoms with Crippen LogP contribution in [0.25, 0.3) is 16.6 Å². The highest BCUT2D eigenvalue weighted by Crippen LogP contribution is 2.14. The van der Waals surface area contributed by atoms with E-state index < -0.39 is 0 Å². The number of aromatic nitrogens is 2. The quantitative estimate of drug-likeness (QED) is 0.671. The maximum Gasteiger partial charge on any atom is 0.265 e. The van der Waals surface area contributed by atoms with E-state index >= 15 is 0 Å². The lowest BCUT2D eigenvalue weighted by atomic mass is 10.1. The summed E-state index contributed by atoms with van der Waals surface area (Å²) in [6, 6.07) is 14.1. The van der Waals surface area contributed by atoms with E-state index in [9.17, 15) is 14.4 Å². The van der Waals surface area contributed by atoms with Gasteiger partial charge < -0.3 is 10.2 Å². The van der Waals surface area contributed by atoms with Crippen LogP contribution in [0.5, 0.6) is 0 Å². The van der Waals surface area contributed by atoms with Gasteiger partial charge in [0.25, 0.3) is 11.5 Å². The Labute approximate surface area is 187 Å². The van der Waals surface area contributed by atoms with Crippen molar-refractivity contribution in [3.63, 3.8) is 0 Å². The number of amides is 2. The van der Waals surface area contributed by atoms with Gasteiger partial charge in [-0.2, -0.15) is 0 Å². The largest absolute Gasteiger partial charge is 0.352 e. The van der Waals surface area contributed by atoms with E-state index in [1.54, 1.807) is 41.8 Å². The van der Waals surface area contributed by atoms with Crippen molar-refractivity contribution in [3.05, 3.63) is 70.3 Å². The van der Waals surface area contributed by atoms with Crippen LogP contribution >= 0.6 is 0 Å². The van der Waals surface area contributed by atoms with E-state index in [0.29, 0.717) is 40.9 Å². The molecule has 7 nitrogen and oxygen atoms in total. The number of nitrogens with one attached hydrogen (secondary N) is 1. The molecule has 1 saturated heterocycles. The van der Waals surface area contributed by atoms with Gasteiger partial charge in [0.05, 0.1) is 16.6 Å². The average molecular weight is 433 g/mol. The number of carbonyl (C=O) groups excluding carboxylic acids is 2. The fraction of sp³-hybridized carbons (Fsp3) is 0.360. The summed E-state index contributed by atoms with van der Waals surface area (Å²) in [5.41, 5.74) is 1.66. The Bertz CT molecular complexity index is 1180. The molecule has 32 heavy (non-hydrogen) atoms. The molecule has 1 aliphatic heterocycles. The zero-order valence-corrected chi connectivity index (χ0v) is 18.3. The number of carbonyl (C=O) groups is 2. The molecule has 2 aromatic carbocycles. The van der Waals surface area contributed by atoms with Crippen molar-refractivity contribution in [1.29, 1.82) is 0 Å². The van der Waals surface area contributed by atoms with Gasteiger partial charge in [-0.15, -0.1) is 0 Å². The Morgan fingerprint density at radius 1 is 0.969 bits per heavy atom. The lowest BCUT2D eigenvalue weighted by Crippen LogP contribution is -2.35. The number of hydrogen-bond acceptors (Lipinski definition) is 4. The highest BCUT2D eigenvalue weighted by Gasteiger charge is 2.16. The van der Waals surface area contributed by atoms with Crippen LogP contribution in [-0.4, -0.2) is 45.9 Å². The van der Waals surface area contributed by atoms with Crippen molar-refractivity contribution in [2.45, 2.75) is 39.0 Å². The first kappa shape index (κ1) is 21.7. The molecule has 3 aromatic rings. The molecule has 0 atom stereocenters. The van der Waals surface area contributed by atoms with Crippen LogP contribution < -0.4 is 10.9 Å². The van der Waals surface area contributed by atoms with Crippen molar-refractivity contribution in [1.82, 2.24) is 19.8 Å². The lowest BCUT2D eigenvalue weighted by molar-refractivity contribution is -0.131. The summed E-state index contributed by atoms with van der Waals surface area (Å²) >= 11 is 0. The van der Waals surface area contributed by atoms with Gasteiger partial charge in [-0.25, -0.2) is 4.98 Å². The third-order valence-corrected chi connectivity index (χ3v) is 5.91. The summed E-state index contributed by atoms with van der Waals surface area (Å²) in [5, 5.41) is 3.37. The van der Waals surface area contributed by atoms with Crippen molar-refractivity contribution >= 4 is 22.7 Å². The Morgan fingerprint density at radius 2 is 1.66 bits per heavy atom. The zero-order chi connectivity index (χ0) is 22.5. The van der Waals surface area contributed by atoms with Gasteiger partial charge in [-0.1, -0.05) is 25.0 Å². The molecular weight excluding hydrogens is 404 g/mol. The van der Waals surface area contributed by atoms with Crippen LogP contribution in [0, 0.1) is 6.92 Å². The Hall–Kier alpha value is -3.48. The van der Waals surface area contributed by atoms with E-state index in [0.717, 1.165) is 25.9 Å². The van der Waals surface area contributed by atoms with E-state index in [2.05, 4.69) is 10.3 Å². The Balaban J connectivity index is 1.40. The van der Waals surface area contributed by atoms with E-state index in [1.165, 1.54) is 12.8 Å². The summed E-state index contributed by atoms with van der Waals surface area (Å²) in [5.74, 6) is 0.444. The van der Waals surface area contributed by atoms with Crippen LogP contribution in [0.2, 0.25) is 0 Å². The molecule has 2 heterocycles. The molecule has 0 spiro atoms. The standard InChI is InChI=1S/C25H28N4O3/c1-18-27-22-9-5-4-8-21(22)25(32)29(18)20-12-10-19(11-13-20)24(31)26-15-14-23(30)28-16-6-2-3-7-17-28/h4-5,8-13H,2-3,6-7,14-17H2,1H3,(H,26,31). The minimum Gasteiger partial charge on any atom is -0.352 e. The van der Waals surface area contributed by atoms with Crippen LogP contribution in [0.3, 0.4) is 0 Å². The number of hydrogen-bond donors (Lipinski definition) is 1. The number of benzene rings is 2. The normalized spacial score (nSPS) is 14.2. The number of fused-ring (bicyclic) bond motifs is 1. The molecule has 2 amide bonds. The van der Waals surface area contributed by atoms with Gasteiger partial charge in [0.15, 0.2) is 0 Å². The summed E-state index contributed by atoms with van der Waals surface area (Å²) in [7, 11) is 0. The molecule has 4 rings (SSSR count). The monoisotopic (exact) mass is 432 g/mol. The second-order valence-electron chi connectivity index (χ2n) is 8.16. The average Bonchev–Trinajstić information content (AvgIpc) is 3.09. The van der Waals surface area contributed by atoms with E-state index in [1.807, 2.05) is 23.1 Å². The molecule has 0 saturated carbocycles. The predicted molar refractivity (Wildman–Crippen MR) is 124 cm³/mol. The van der Waals surface area contributed by atoms with Crippen LogP contribution in [-0.2, 0) is 4.79 Å². The summed E-state index contributed by atoms with van der Waals surface area (Å²) in [6.45, 7) is 3.73. The highest BCUT2D eigenvalue weighted by molar-refractivity contribution is 5.94. The minimum absolute atomic E-state index is 0.0983. The number of rotatable bonds is 5. The zero-order valence-electron chi connectivity index (χ0n) is 18.3. The van der Waals surface area contributed by atoms with Gasteiger partial charge >= 0.3 is 0 Å². The fourth-order valence-corrected chi connectivity index (χ4v) is 4.17. The first-order chi connectivity index (χ1) is 15.5. The third-order valence-electron chi connectivity index (χ3n) is 5.91. The molecule has 0 aliphatic carbocycles. The van der Waals surface area contributed by atoms with Gasteiger partial charge in [0.2, 0.25) is 5.91 Å². The van der Waals surface area contributed by atoms with Crippen LogP contribution in [0.1, 0.15) is 48.3 Å². The molecule has 0 unspecified atom stereocenters. The topological polar surface area (TPSA) is 84.3 Å². The number of para-hydroxylation sites is 1. The van der Waals surface area contributed by atoms with Crippen LogP contribution in [0.4, 0.5) is 0 Å². The molecule has 0 bridgehead atoms. The minimum atomic E-state index is -0.235. The van der Waals surface area contributed by atoms with Crippen LogP contribution in [0.15, 0.2) is 53.3 Å². The fourth-order valence-electron chi connectivity index (χ4n) is 4.17. The van der Waals surface area contributed by atoms with Gasteiger partial charge in [-0.05, 0) is 56.2 Å². The first-order valence-electron chi connectivity index (χ1n) is 11.2. The summed E-state index contributed by atoms with van der Waals surface area (Å²) in [6.07, 6.45) is 4.77. The molecule has 1 fully saturated rings. The predicted octanol–water partition coefficient (Wildman–Crippen LogP) is 3.22. The van der Waals surface area contributed by atoms with Gasteiger partial charge in [0.1, 0.15) is 5.82 Å². The van der Waals surface area contributed by atoms with Crippen molar-refractivity contribution in [2.24, 2.45) is 0 Å². The first-order valence-corrected chi connectivity index (χ1v) is 11.2. The maximum absolute atomic E-state index is 12.9. The second-order valence-corrected chi connectivity index (χ2v) is 8.16. The number of aryl methyl sites for hydroxylation is 1. The van der Waals surface area contributed by atoms with Gasteiger partial charge in [-0.3, -0.25) is 19.0 Å². The Morgan fingerprint density at radius 3 is 2.38 bits per heavy atom. The summed E-state index contributed by atoms with van der Waals surface area (Å²) in [4.78, 5) is 44.2. The third kappa shape index (κ3) is 4.72. The molecular formula is C25H28N4O3. The highest BCUT2D eigenvalue weighted by atomic mass is 16.2. The van der Waals surface area contributed by atoms with Crippen molar-refractivity contribution in [3.8, 4) is 5.69 Å². The molecule has 7 heteroatoms. The summed E-state index contributed by atoms with van der Waals surface area (Å²) < 4.78 is 1.55. The van der Waals surface area contributed by atoms with E-state index in [4.69, 9.17) is 0 Å². The van der Waals surface area contributed by atoms with Crippen molar-refractivity contribution < 1.29 is 9.59 Å². The SMILES string of the molecule is Cc1nc2ccccc2c(=O)n1-c1ccc(C(=O)NCCC(=O)N2CCCCCC2)cc1. The maximum atomic E-state index is 12.9.